The van der Waals surface area contributed by atoms with E-state index in [0.29, 0.717) is 0 Å². The minimum Gasteiger partial charge on any atom is -0.166 e. The third-order valence-electron chi connectivity index (χ3n) is 4.71. The highest BCUT2D eigenvalue weighted by molar-refractivity contribution is 5.45. The summed E-state index contributed by atoms with van der Waals surface area (Å²) in [7, 11) is 0. The van der Waals surface area contributed by atoms with Gasteiger partial charge in [0, 0.05) is 5.41 Å². The first-order chi connectivity index (χ1) is 10.8. The number of benzene rings is 2. The smallest absolute Gasteiger partial charge is 0.166 e. The highest BCUT2D eigenvalue weighted by Gasteiger charge is 2.32. The molecule has 0 bridgehead atoms. The topological polar surface area (TPSA) is 0 Å². The molecule has 0 atom stereocenters. The van der Waals surface area contributed by atoms with Gasteiger partial charge in [-0.05, 0) is 46.7 Å². The lowest BCUT2D eigenvalue weighted by atomic mass is 9.74. The number of hydrogen-bond acceptors (Lipinski definition) is 0. The lowest BCUT2D eigenvalue weighted by molar-refractivity contribution is -0.137. The molecule has 0 spiro atoms. The third kappa shape index (κ3) is 3.66. The zero-order valence-electron chi connectivity index (χ0n) is 15.2. The molecule has 0 aromatic heterocycles. The summed E-state index contributed by atoms with van der Waals surface area (Å²) in [5, 5.41) is 0. The van der Waals surface area contributed by atoms with E-state index in [-0.39, 0.29) is 10.8 Å². The zero-order valence-corrected chi connectivity index (χ0v) is 15.2. The van der Waals surface area contributed by atoms with E-state index in [1.807, 2.05) is 6.92 Å². The number of hydrogen-bond donors (Lipinski definition) is 0. The standard InChI is InChI=1S/C21H25F3/c1-14-7-8-17(19(2,3)4)13-18(14)20(5,6)15-9-11-16(12-10-15)21(22,23)24/h7-13H,1-6H3. The maximum Gasteiger partial charge on any atom is 0.416 e. The Morgan fingerprint density at radius 3 is 1.58 bits per heavy atom. The van der Waals surface area contributed by atoms with Crippen LogP contribution in [0.3, 0.4) is 0 Å². The van der Waals surface area contributed by atoms with E-state index in [0.717, 1.165) is 16.7 Å². The summed E-state index contributed by atoms with van der Waals surface area (Å²) in [5.41, 5.74) is 3.45. The van der Waals surface area contributed by atoms with Crippen LogP contribution in [0.1, 0.15) is 62.4 Å². The summed E-state index contributed by atoms with van der Waals surface area (Å²) in [6, 6.07) is 11.9. The van der Waals surface area contributed by atoms with Crippen molar-refractivity contribution in [3.05, 3.63) is 70.3 Å². The lowest BCUT2D eigenvalue weighted by Gasteiger charge is -2.30. The fourth-order valence-electron chi connectivity index (χ4n) is 2.99. The van der Waals surface area contributed by atoms with E-state index in [4.69, 9.17) is 0 Å². The molecule has 0 amide bonds. The number of aryl methyl sites for hydroxylation is 1. The normalized spacial score (nSPS) is 13.2. The van der Waals surface area contributed by atoms with E-state index in [1.54, 1.807) is 12.1 Å². The van der Waals surface area contributed by atoms with Crippen molar-refractivity contribution in [1.29, 1.82) is 0 Å². The molecule has 0 unspecified atom stereocenters. The molecule has 0 heterocycles. The van der Waals surface area contributed by atoms with Crippen molar-refractivity contribution in [2.75, 3.05) is 0 Å². The van der Waals surface area contributed by atoms with Gasteiger partial charge < -0.3 is 0 Å². The molecular weight excluding hydrogens is 309 g/mol. The van der Waals surface area contributed by atoms with Crippen LogP contribution in [0.4, 0.5) is 13.2 Å². The van der Waals surface area contributed by atoms with E-state index in [9.17, 15) is 13.2 Å². The zero-order chi connectivity index (χ0) is 18.3. The van der Waals surface area contributed by atoms with Crippen LogP contribution in [0.2, 0.25) is 0 Å². The van der Waals surface area contributed by atoms with Gasteiger partial charge in [-0.15, -0.1) is 0 Å². The molecule has 0 saturated heterocycles. The molecule has 0 nitrogen and oxygen atoms in total. The number of rotatable bonds is 2. The predicted octanol–water partition coefficient (Wildman–Crippen LogP) is 6.64. The number of halogens is 3. The fraction of sp³-hybridized carbons (Fsp3) is 0.429. The summed E-state index contributed by atoms with van der Waals surface area (Å²) in [4.78, 5) is 0. The van der Waals surface area contributed by atoms with Crippen LogP contribution >= 0.6 is 0 Å². The van der Waals surface area contributed by atoms with E-state index < -0.39 is 11.7 Å². The van der Waals surface area contributed by atoms with Crippen LogP contribution in [0.15, 0.2) is 42.5 Å². The van der Waals surface area contributed by atoms with Gasteiger partial charge in [0.15, 0.2) is 0 Å². The second kappa shape index (κ2) is 5.94. The Kier molecular flexibility index (Phi) is 4.60. The average molecular weight is 334 g/mol. The minimum atomic E-state index is -4.30. The van der Waals surface area contributed by atoms with Crippen molar-refractivity contribution < 1.29 is 13.2 Å². The molecule has 0 saturated carbocycles. The van der Waals surface area contributed by atoms with Crippen LogP contribution in [0.25, 0.3) is 0 Å². The van der Waals surface area contributed by atoms with Gasteiger partial charge >= 0.3 is 6.18 Å². The highest BCUT2D eigenvalue weighted by atomic mass is 19.4. The van der Waals surface area contributed by atoms with Gasteiger partial charge in [-0.2, -0.15) is 13.2 Å². The fourth-order valence-corrected chi connectivity index (χ4v) is 2.99. The lowest BCUT2D eigenvalue weighted by Crippen LogP contribution is -2.22. The van der Waals surface area contributed by atoms with E-state index >= 15 is 0 Å². The second-order valence-electron chi connectivity index (χ2n) is 7.98. The SMILES string of the molecule is Cc1ccc(C(C)(C)C)cc1C(C)(C)c1ccc(C(F)(F)F)cc1. The molecule has 2 rings (SSSR count). The Morgan fingerprint density at radius 2 is 1.12 bits per heavy atom. The van der Waals surface area contributed by atoms with Crippen molar-refractivity contribution in [2.24, 2.45) is 0 Å². The highest BCUT2D eigenvalue weighted by Crippen LogP contribution is 2.37. The summed E-state index contributed by atoms with van der Waals surface area (Å²) in [6.07, 6.45) is -4.30. The third-order valence-corrected chi connectivity index (χ3v) is 4.71. The van der Waals surface area contributed by atoms with Crippen LogP contribution < -0.4 is 0 Å². The molecule has 130 valence electrons. The summed E-state index contributed by atoms with van der Waals surface area (Å²) >= 11 is 0. The quantitative estimate of drug-likeness (QED) is 0.577. The van der Waals surface area contributed by atoms with Crippen LogP contribution in [-0.2, 0) is 17.0 Å². The Morgan fingerprint density at radius 1 is 0.667 bits per heavy atom. The van der Waals surface area contributed by atoms with Gasteiger partial charge in [-0.3, -0.25) is 0 Å². The molecule has 2 aromatic carbocycles. The molecule has 0 fully saturated rings. The summed E-state index contributed by atoms with van der Waals surface area (Å²) in [6.45, 7) is 12.6. The first kappa shape index (κ1) is 18.6. The molecule has 0 aliphatic rings. The molecule has 0 aliphatic heterocycles. The van der Waals surface area contributed by atoms with Crippen LogP contribution in [0, 0.1) is 6.92 Å². The van der Waals surface area contributed by atoms with Gasteiger partial charge in [0.25, 0.3) is 0 Å². The molecule has 0 radical (unpaired) electrons. The molecular formula is C21H25F3. The van der Waals surface area contributed by atoms with Crippen molar-refractivity contribution in [3.8, 4) is 0 Å². The minimum absolute atomic E-state index is 0.0265. The molecule has 2 aromatic rings. The van der Waals surface area contributed by atoms with Crippen molar-refractivity contribution >= 4 is 0 Å². The van der Waals surface area contributed by atoms with Gasteiger partial charge in [0.2, 0.25) is 0 Å². The van der Waals surface area contributed by atoms with E-state index in [1.165, 1.54) is 17.7 Å². The van der Waals surface area contributed by atoms with E-state index in [2.05, 4.69) is 52.8 Å². The second-order valence-corrected chi connectivity index (χ2v) is 7.98. The monoisotopic (exact) mass is 334 g/mol. The van der Waals surface area contributed by atoms with Crippen molar-refractivity contribution in [1.82, 2.24) is 0 Å². The molecule has 24 heavy (non-hydrogen) atoms. The van der Waals surface area contributed by atoms with Gasteiger partial charge in [-0.25, -0.2) is 0 Å². The first-order valence-electron chi connectivity index (χ1n) is 8.13. The Balaban J connectivity index is 2.50. The Bertz CT molecular complexity index is 714. The van der Waals surface area contributed by atoms with Crippen LogP contribution in [-0.4, -0.2) is 0 Å². The molecule has 0 aliphatic carbocycles. The maximum absolute atomic E-state index is 12.8. The summed E-state index contributed by atoms with van der Waals surface area (Å²) < 4.78 is 38.4. The largest absolute Gasteiger partial charge is 0.416 e. The van der Waals surface area contributed by atoms with Crippen molar-refractivity contribution in [3.63, 3.8) is 0 Å². The summed E-state index contributed by atoms with van der Waals surface area (Å²) in [5.74, 6) is 0. The van der Waals surface area contributed by atoms with Gasteiger partial charge in [0.05, 0.1) is 5.56 Å². The van der Waals surface area contributed by atoms with Crippen LogP contribution in [0.5, 0.6) is 0 Å². The first-order valence-corrected chi connectivity index (χ1v) is 8.13. The molecule has 3 heteroatoms. The average Bonchev–Trinajstić information content (AvgIpc) is 2.45. The van der Waals surface area contributed by atoms with Crippen molar-refractivity contribution in [2.45, 2.75) is 58.5 Å². The Labute approximate surface area is 142 Å². The van der Waals surface area contributed by atoms with Gasteiger partial charge in [-0.1, -0.05) is 65.0 Å². The van der Waals surface area contributed by atoms with Gasteiger partial charge in [0.1, 0.15) is 0 Å². The predicted molar refractivity (Wildman–Crippen MR) is 93.5 cm³/mol. The number of alkyl halides is 3. The maximum atomic E-state index is 12.8. The molecule has 0 N–H and O–H groups in total. The Hall–Kier alpha value is -1.77.